The van der Waals surface area contributed by atoms with E-state index in [2.05, 4.69) is 4.90 Å². The lowest BCUT2D eigenvalue weighted by Crippen LogP contribution is -2.51. The summed E-state index contributed by atoms with van der Waals surface area (Å²) in [6, 6.07) is 7.33. The van der Waals surface area contributed by atoms with Gasteiger partial charge in [-0.05, 0) is 49.6 Å². The van der Waals surface area contributed by atoms with Crippen molar-refractivity contribution in [1.29, 1.82) is 0 Å². The second-order valence-corrected chi connectivity index (χ2v) is 6.76. The predicted octanol–water partition coefficient (Wildman–Crippen LogP) is 1.65. The highest BCUT2D eigenvalue weighted by Gasteiger charge is 2.35. The van der Waals surface area contributed by atoms with Crippen molar-refractivity contribution in [3.8, 4) is 0 Å². The third-order valence-electron chi connectivity index (χ3n) is 5.39. The number of nitrogens with zero attached hydrogens (tertiary/aromatic N) is 2. The van der Waals surface area contributed by atoms with Crippen molar-refractivity contribution >= 4 is 42.3 Å². The first-order chi connectivity index (χ1) is 11.6. The zero-order valence-corrected chi connectivity index (χ0v) is 16.4. The SMILES string of the molecule is Cl.Cl.NC[C@H]1CCC[C@H]1C(=O)N1CCN(c2ccc(C(N)=O)cc2)CC1. The van der Waals surface area contributed by atoms with Crippen LogP contribution in [0.2, 0.25) is 0 Å². The van der Waals surface area contributed by atoms with Crippen LogP contribution in [0.15, 0.2) is 24.3 Å². The van der Waals surface area contributed by atoms with Gasteiger partial charge in [-0.25, -0.2) is 0 Å². The van der Waals surface area contributed by atoms with Crippen molar-refractivity contribution in [2.45, 2.75) is 19.3 Å². The lowest BCUT2D eigenvalue weighted by atomic mass is 9.94. The van der Waals surface area contributed by atoms with Crippen molar-refractivity contribution in [2.75, 3.05) is 37.6 Å². The molecule has 1 aromatic rings. The standard InChI is InChI=1S/C18H26N4O2.2ClH/c19-12-14-2-1-3-16(14)18(24)22-10-8-21(9-11-22)15-6-4-13(5-7-15)17(20)23;;/h4-7,14,16H,1-3,8-12,19H2,(H2,20,23);2*1H/t14-,16-;;/m1../s1. The van der Waals surface area contributed by atoms with Gasteiger partial charge in [-0.15, -0.1) is 24.8 Å². The van der Waals surface area contributed by atoms with Gasteiger partial charge in [-0.2, -0.15) is 0 Å². The van der Waals surface area contributed by atoms with Gasteiger partial charge < -0.3 is 21.3 Å². The summed E-state index contributed by atoms with van der Waals surface area (Å²) in [6.07, 6.45) is 3.18. The van der Waals surface area contributed by atoms with Crippen molar-refractivity contribution < 1.29 is 9.59 Å². The number of carbonyl (C=O) groups excluding carboxylic acids is 2. The number of primary amides is 1. The van der Waals surface area contributed by atoms with E-state index < -0.39 is 5.91 Å². The molecule has 2 atom stereocenters. The lowest BCUT2D eigenvalue weighted by molar-refractivity contribution is -0.136. The molecule has 4 N–H and O–H groups in total. The maximum absolute atomic E-state index is 12.7. The normalized spacial score (nSPS) is 22.3. The first-order valence-electron chi connectivity index (χ1n) is 8.74. The second-order valence-electron chi connectivity index (χ2n) is 6.76. The number of rotatable bonds is 4. The summed E-state index contributed by atoms with van der Waals surface area (Å²) in [5.41, 5.74) is 12.7. The van der Waals surface area contributed by atoms with Gasteiger partial charge in [-0.1, -0.05) is 6.42 Å². The van der Waals surface area contributed by atoms with Gasteiger partial charge in [0.2, 0.25) is 11.8 Å². The number of carbonyl (C=O) groups is 2. The number of piperazine rings is 1. The first-order valence-corrected chi connectivity index (χ1v) is 8.74. The average molecular weight is 403 g/mol. The van der Waals surface area contributed by atoms with Gasteiger partial charge in [0.15, 0.2) is 0 Å². The fourth-order valence-corrected chi connectivity index (χ4v) is 3.90. The molecule has 2 amide bonds. The third kappa shape index (κ3) is 4.81. The zero-order chi connectivity index (χ0) is 17.1. The number of benzene rings is 1. The monoisotopic (exact) mass is 402 g/mol. The second kappa shape index (κ2) is 10.00. The van der Waals surface area contributed by atoms with E-state index in [-0.39, 0.29) is 36.6 Å². The van der Waals surface area contributed by atoms with E-state index in [1.807, 2.05) is 17.0 Å². The summed E-state index contributed by atoms with van der Waals surface area (Å²) in [7, 11) is 0. The van der Waals surface area contributed by atoms with Crippen LogP contribution in [-0.2, 0) is 4.79 Å². The van der Waals surface area contributed by atoms with Crippen molar-refractivity contribution in [3.05, 3.63) is 29.8 Å². The number of hydrogen-bond acceptors (Lipinski definition) is 4. The molecule has 1 heterocycles. The van der Waals surface area contributed by atoms with Crippen molar-refractivity contribution in [2.24, 2.45) is 23.3 Å². The van der Waals surface area contributed by atoms with Gasteiger partial charge in [0.25, 0.3) is 0 Å². The van der Waals surface area contributed by atoms with Crippen LogP contribution in [0, 0.1) is 11.8 Å². The number of hydrogen-bond donors (Lipinski definition) is 2. The lowest BCUT2D eigenvalue weighted by Gasteiger charge is -2.38. The molecule has 0 aromatic heterocycles. The Morgan fingerprint density at radius 2 is 1.62 bits per heavy atom. The van der Waals surface area contributed by atoms with E-state index in [0.29, 0.717) is 18.0 Å². The Morgan fingerprint density at radius 1 is 1.00 bits per heavy atom. The number of amides is 2. The van der Waals surface area contributed by atoms with E-state index in [1.54, 1.807) is 12.1 Å². The summed E-state index contributed by atoms with van der Waals surface area (Å²) < 4.78 is 0. The van der Waals surface area contributed by atoms with E-state index in [9.17, 15) is 9.59 Å². The molecule has 26 heavy (non-hydrogen) atoms. The topological polar surface area (TPSA) is 92.7 Å². The average Bonchev–Trinajstić information content (AvgIpc) is 3.10. The Morgan fingerprint density at radius 3 is 2.15 bits per heavy atom. The van der Waals surface area contributed by atoms with Gasteiger partial charge >= 0.3 is 0 Å². The molecule has 2 aliphatic rings. The molecule has 1 saturated heterocycles. The molecule has 1 aromatic carbocycles. The van der Waals surface area contributed by atoms with E-state index in [1.165, 1.54) is 0 Å². The van der Waals surface area contributed by atoms with Crippen molar-refractivity contribution in [3.63, 3.8) is 0 Å². The van der Waals surface area contributed by atoms with Crippen LogP contribution < -0.4 is 16.4 Å². The fraction of sp³-hybridized carbons (Fsp3) is 0.556. The van der Waals surface area contributed by atoms with Crippen LogP contribution in [0.5, 0.6) is 0 Å². The van der Waals surface area contributed by atoms with Gasteiger partial charge in [0.05, 0.1) is 0 Å². The molecule has 146 valence electrons. The number of nitrogens with two attached hydrogens (primary N) is 2. The molecule has 8 heteroatoms. The number of anilines is 1. The Labute approximate surface area is 167 Å². The minimum atomic E-state index is -0.414. The van der Waals surface area contributed by atoms with E-state index >= 15 is 0 Å². The molecule has 2 fully saturated rings. The van der Waals surface area contributed by atoms with Crippen LogP contribution in [0.25, 0.3) is 0 Å². The molecule has 1 aliphatic carbocycles. The smallest absolute Gasteiger partial charge is 0.248 e. The zero-order valence-electron chi connectivity index (χ0n) is 14.8. The van der Waals surface area contributed by atoms with E-state index in [0.717, 1.165) is 51.1 Å². The molecular weight excluding hydrogens is 375 g/mol. The number of halogens is 2. The summed E-state index contributed by atoms with van der Waals surface area (Å²) in [5.74, 6) is 0.350. The molecule has 1 aliphatic heterocycles. The predicted molar refractivity (Wildman–Crippen MR) is 108 cm³/mol. The maximum Gasteiger partial charge on any atom is 0.248 e. The minimum Gasteiger partial charge on any atom is -0.368 e. The highest BCUT2D eigenvalue weighted by atomic mass is 35.5. The molecule has 0 unspecified atom stereocenters. The summed E-state index contributed by atoms with van der Waals surface area (Å²) in [4.78, 5) is 28.1. The van der Waals surface area contributed by atoms with Gasteiger partial charge in [-0.3, -0.25) is 9.59 Å². The van der Waals surface area contributed by atoms with E-state index in [4.69, 9.17) is 11.5 Å². The molecule has 0 bridgehead atoms. The minimum absolute atomic E-state index is 0. The Balaban J connectivity index is 0.00000169. The molecule has 0 spiro atoms. The quantitative estimate of drug-likeness (QED) is 0.800. The molecular formula is C18H28Cl2N4O2. The highest BCUT2D eigenvalue weighted by Crippen LogP contribution is 2.32. The Bertz CT molecular complexity index is 604. The largest absolute Gasteiger partial charge is 0.368 e. The maximum atomic E-state index is 12.7. The van der Waals surface area contributed by atoms with Gasteiger partial charge in [0.1, 0.15) is 0 Å². The molecule has 1 saturated carbocycles. The van der Waals surface area contributed by atoms with Crippen LogP contribution in [0.4, 0.5) is 5.69 Å². The van der Waals surface area contributed by atoms with Gasteiger partial charge in [0, 0.05) is 43.3 Å². The molecule has 3 rings (SSSR count). The fourth-order valence-electron chi connectivity index (χ4n) is 3.90. The Hall–Kier alpha value is -1.50. The Kier molecular flexibility index (Phi) is 8.67. The molecule has 0 radical (unpaired) electrons. The van der Waals surface area contributed by atoms with Crippen LogP contribution in [0.1, 0.15) is 29.6 Å². The molecule has 6 nitrogen and oxygen atoms in total. The van der Waals surface area contributed by atoms with Crippen LogP contribution in [-0.4, -0.2) is 49.4 Å². The summed E-state index contributed by atoms with van der Waals surface area (Å²) >= 11 is 0. The van der Waals surface area contributed by atoms with Crippen molar-refractivity contribution in [1.82, 2.24) is 4.90 Å². The summed E-state index contributed by atoms with van der Waals surface area (Å²) in [6.45, 7) is 3.71. The van der Waals surface area contributed by atoms with Crippen LogP contribution in [0.3, 0.4) is 0 Å². The first kappa shape index (κ1) is 22.5. The summed E-state index contributed by atoms with van der Waals surface area (Å²) in [5, 5.41) is 0. The third-order valence-corrected chi connectivity index (χ3v) is 5.39. The van der Waals surface area contributed by atoms with Crippen LogP contribution >= 0.6 is 24.8 Å². The highest BCUT2D eigenvalue weighted by molar-refractivity contribution is 5.93.